The van der Waals surface area contributed by atoms with Crippen LogP contribution >= 0.6 is 0 Å². The average Bonchev–Trinajstić information content (AvgIpc) is 2.75. The van der Waals surface area contributed by atoms with Crippen molar-refractivity contribution < 1.29 is 14.3 Å². The number of carboxylic acids is 1. The van der Waals surface area contributed by atoms with E-state index in [0.717, 1.165) is 0 Å². The van der Waals surface area contributed by atoms with Crippen LogP contribution < -0.4 is 0 Å². The monoisotopic (exact) mass is 193 g/mol. The Kier molecular flexibility index (Phi) is 2.02. The zero-order valence-electron chi connectivity index (χ0n) is 7.12. The highest BCUT2D eigenvalue weighted by atomic mass is 16.4. The van der Waals surface area contributed by atoms with E-state index < -0.39 is 5.97 Å². The van der Waals surface area contributed by atoms with Crippen molar-refractivity contribution in [3.63, 3.8) is 0 Å². The molecule has 2 aromatic rings. The zero-order chi connectivity index (χ0) is 9.97. The van der Waals surface area contributed by atoms with E-state index in [4.69, 9.17) is 9.52 Å². The Labute approximate surface area is 78.8 Å². The van der Waals surface area contributed by atoms with Gasteiger partial charge in [0, 0.05) is 0 Å². The summed E-state index contributed by atoms with van der Waals surface area (Å²) in [5.41, 5.74) is -0.0726. The van der Waals surface area contributed by atoms with Crippen LogP contribution in [0.15, 0.2) is 29.0 Å². The van der Waals surface area contributed by atoms with Gasteiger partial charge in [-0.2, -0.15) is 0 Å². The molecule has 14 heavy (non-hydrogen) atoms. The quantitative estimate of drug-likeness (QED) is 0.772. The van der Waals surface area contributed by atoms with Crippen LogP contribution in [-0.4, -0.2) is 26.1 Å². The second kappa shape index (κ2) is 3.33. The summed E-state index contributed by atoms with van der Waals surface area (Å²) in [6, 6.07) is 3.53. The third-order valence-corrected chi connectivity index (χ3v) is 1.66. The van der Waals surface area contributed by atoms with Gasteiger partial charge in [-0.25, -0.2) is 9.48 Å². The molecule has 2 rings (SSSR count). The normalized spacial score (nSPS) is 10.3. The van der Waals surface area contributed by atoms with Gasteiger partial charge in [0.1, 0.15) is 12.3 Å². The number of rotatable bonds is 3. The van der Waals surface area contributed by atoms with Crippen molar-refractivity contribution in [2.75, 3.05) is 0 Å². The molecule has 6 nitrogen and oxygen atoms in total. The molecule has 0 aromatic carbocycles. The Balaban J connectivity index is 2.14. The summed E-state index contributed by atoms with van der Waals surface area (Å²) >= 11 is 0. The van der Waals surface area contributed by atoms with Crippen LogP contribution in [0.3, 0.4) is 0 Å². The Morgan fingerprint density at radius 2 is 2.50 bits per heavy atom. The number of furan rings is 1. The first-order chi connectivity index (χ1) is 6.75. The van der Waals surface area contributed by atoms with Crippen LogP contribution in [0.4, 0.5) is 0 Å². The number of nitrogens with zero attached hydrogens (tertiary/aromatic N) is 3. The molecular weight excluding hydrogens is 186 g/mol. The largest absolute Gasteiger partial charge is 0.476 e. The predicted molar refractivity (Wildman–Crippen MR) is 44.8 cm³/mol. The highest BCUT2D eigenvalue weighted by Gasteiger charge is 2.08. The molecule has 6 heteroatoms. The molecule has 0 spiro atoms. The lowest BCUT2D eigenvalue weighted by Crippen LogP contribution is -1.99. The fourth-order valence-corrected chi connectivity index (χ4v) is 1.04. The lowest BCUT2D eigenvalue weighted by molar-refractivity contribution is 0.0690. The van der Waals surface area contributed by atoms with Gasteiger partial charge in [-0.3, -0.25) is 0 Å². The fourth-order valence-electron chi connectivity index (χ4n) is 1.04. The highest BCUT2D eigenvalue weighted by molar-refractivity contribution is 5.84. The SMILES string of the molecule is O=C(O)c1cn(Cc2ccco2)nn1. The molecule has 0 saturated carbocycles. The van der Waals surface area contributed by atoms with Crippen molar-refractivity contribution in [3.8, 4) is 0 Å². The maximum absolute atomic E-state index is 10.5. The van der Waals surface area contributed by atoms with Crippen LogP contribution in [-0.2, 0) is 6.54 Å². The van der Waals surface area contributed by atoms with Crippen molar-refractivity contribution in [1.82, 2.24) is 15.0 Å². The van der Waals surface area contributed by atoms with E-state index in [1.807, 2.05) is 0 Å². The number of carboxylic acid groups (broad SMARTS) is 1. The summed E-state index contributed by atoms with van der Waals surface area (Å²) in [4.78, 5) is 10.5. The lowest BCUT2D eigenvalue weighted by Gasteiger charge is -1.93. The summed E-state index contributed by atoms with van der Waals surface area (Å²) in [5, 5.41) is 15.7. The minimum absolute atomic E-state index is 0.0726. The van der Waals surface area contributed by atoms with E-state index in [1.165, 1.54) is 10.9 Å². The van der Waals surface area contributed by atoms with Crippen LogP contribution in [0.2, 0.25) is 0 Å². The molecule has 72 valence electrons. The number of aromatic carboxylic acids is 1. The van der Waals surface area contributed by atoms with Gasteiger partial charge in [0.2, 0.25) is 0 Å². The molecule has 0 aliphatic carbocycles. The van der Waals surface area contributed by atoms with E-state index in [-0.39, 0.29) is 5.69 Å². The molecule has 2 aromatic heterocycles. The third-order valence-electron chi connectivity index (χ3n) is 1.66. The summed E-state index contributed by atoms with van der Waals surface area (Å²) in [6.07, 6.45) is 2.90. The number of hydrogen-bond acceptors (Lipinski definition) is 4. The van der Waals surface area contributed by atoms with Crippen LogP contribution in [0, 0.1) is 0 Å². The van der Waals surface area contributed by atoms with Crippen LogP contribution in [0.5, 0.6) is 0 Å². The maximum atomic E-state index is 10.5. The molecule has 0 fully saturated rings. The van der Waals surface area contributed by atoms with Gasteiger partial charge >= 0.3 is 5.97 Å². The zero-order valence-corrected chi connectivity index (χ0v) is 7.12. The van der Waals surface area contributed by atoms with Crippen LogP contribution in [0.25, 0.3) is 0 Å². The van der Waals surface area contributed by atoms with E-state index in [9.17, 15) is 4.79 Å². The first-order valence-corrected chi connectivity index (χ1v) is 3.91. The van der Waals surface area contributed by atoms with Crippen molar-refractivity contribution in [2.24, 2.45) is 0 Å². The maximum Gasteiger partial charge on any atom is 0.358 e. The molecule has 0 amide bonds. The topological polar surface area (TPSA) is 81.1 Å². The van der Waals surface area contributed by atoms with Gasteiger partial charge in [0.05, 0.1) is 12.5 Å². The molecule has 0 unspecified atom stereocenters. The molecule has 0 aliphatic rings. The number of aromatic nitrogens is 3. The first kappa shape index (κ1) is 8.49. The van der Waals surface area contributed by atoms with E-state index in [1.54, 1.807) is 18.4 Å². The first-order valence-electron chi connectivity index (χ1n) is 3.91. The summed E-state index contributed by atoms with van der Waals surface area (Å²) in [5.74, 6) is -0.387. The van der Waals surface area contributed by atoms with Gasteiger partial charge in [-0.1, -0.05) is 5.21 Å². The second-order valence-electron chi connectivity index (χ2n) is 2.69. The Morgan fingerprint density at radius 1 is 1.64 bits per heavy atom. The fraction of sp³-hybridized carbons (Fsp3) is 0.125. The smallest absolute Gasteiger partial charge is 0.358 e. The van der Waals surface area contributed by atoms with Crippen molar-refractivity contribution >= 4 is 5.97 Å². The van der Waals surface area contributed by atoms with Gasteiger partial charge in [0.25, 0.3) is 0 Å². The van der Waals surface area contributed by atoms with Gasteiger partial charge < -0.3 is 9.52 Å². The Hall–Kier alpha value is -2.11. The van der Waals surface area contributed by atoms with Crippen molar-refractivity contribution in [2.45, 2.75) is 6.54 Å². The molecule has 0 saturated heterocycles. The van der Waals surface area contributed by atoms with E-state index in [0.29, 0.717) is 12.3 Å². The minimum atomic E-state index is -1.09. The molecule has 2 heterocycles. The molecule has 0 atom stereocenters. The lowest BCUT2D eigenvalue weighted by atomic mass is 10.4. The molecule has 0 radical (unpaired) electrons. The molecule has 0 bridgehead atoms. The second-order valence-corrected chi connectivity index (χ2v) is 2.69. The predicted octanol–water partition coefficient (Wildman–Crippen LogP) is 0.618. The summed E-state index contributed by atoms with van der Waals surface area (Å²) in [7, 11) is 0. The summed E-state index contributed by atoms with van der Waals surface area (Å²) < 4.78 is 6.48. The highest BCUT2D eigenvalue weighted by Crippen LogP contribution is 2.02. The standard InChI is InChI=1S/C8H7N3O3/c12-8(13)7-5-11(10-9-7)4-6-2-1-3-14-6/h1-3,5H,4H2,(H,12,13). The Morgan fingerprint density at radius 3 is 3.07 bits per heavy atom. The van der Waals surface area contributed by atoms with E-state index in [2.05, 4.69) is 10.3 Å². The van der Waals surface area contributed by atoms with Gasteiger partial charge in [-0.05, 0) is 12.1 Å². The van der Waals surface area contributed by atoms with Crippen LogP contribution in [0.1, 0.15) is 16.2 Å². The molecule has 1 N–H and O–H groups in total. The van der Waals surface area contributed by atoms with Gasteiger partial charge in [0.15, 0.2) is 5.69 Å². The van der Waals surface area contributed by atoms with Crippen molar-refractivity contribution in [3.05, 3.63) is 36.0 Å². The van der Waals surface area contributed by atoms with Gasteiger partial charge in [-0.15, -0.1) is 5.10 Å². The van der Waals surface area contributed by atoms with E-state index >= 15 is 0 Å². The minimum Gasteiger partial charge on any atom is -0.476 e. The number of hydrogen-bond donors (Lipinski definition) is 1. The molecule has 0 aliphatic heterocycles. The average molecular weight is 193 g/mol. The summed E-state index contributed by atoms with van der Waals surface area (Å²) in [6.45, 7) is 0.382. The number of carbonyl (C=O) groups is 1. The van der Waals surface area contributed by atoms with Crippen molar-refractivity contribution in [1.29, 1.82) is 0 Å². The molecular formula is C8H7N3O3. The Bertz CT molecular complexity index is 432. The third kappa shape index (κ3) is 1.63.